The zero-order valence-electron chi connectivity index (χ0n) is 38.8. The SMILES string of the molecule is CCCCCCCCCCCCCCCC(=O)N(C)C(CO)C(=O)NCC(=O)NCC(=O)N(C)C1C(=O)NCC(=O)NC(C(=O)NC(C)C(N)=O)Cc2ccc(O)c(c2)-c2cc1ccc2O. The van der Waals surface area contributed by atoms with Crippen molar-refractivity contribution >= 4 is 47.3 Å². The third-order valence-corrected chi connectivity index (χ3v) is 11.7. The third-order valence-electron chi connectivity index (χ3n) is 11.7. The summed E-state index contributed by atoms with van der Waals surface area (Å²) in [6.45, 7) is 1.000. The molecule has 2 aromatic carbocycles. The van der Waals surface area contributed by atoms with Crippen molar-refractivity contribution in [1.82, 2.24) is 36.4 Å². The number of hydrogen-bond acceptors (Lipinski definition) is 11. The average molecular weight is 923 g/mol. The second-order valence-electron chi connectivity index (χ2n) is 16.9. The van der Waals surface area contributed by atoms with Crippen molar-refractivity contribution in [2.45, 2.75) is 134 Å². The number of unbranched alkanes of at least 4 members (excludes halogenated alkanes) is 12. The Kier molecular flexibility index (Phi) is 22.9. The molecule has 0 aliphatic carbocycles. The van der Waals surface area contributed by atoms with E-state index in [2.05, 4.69) is 33.5 Å². The Morgan fingerprint density at radius 3 is 1.95 bits per heavy atom. The van der Waals surface area contributed by atoms with Crippen LogP contribution in [0.2, 0.25) is 0 Å². The first kappa shape index (κ1) is 54.1. The molecular formula is C47H70N8O11. The number of carbonyl (C=O) groups is 8. The number of hydrogen-bond donors (Lipinski definition) is 9. The molecule has 8 amide bonds. The number of likely N-dealkylation sites (N-methyl/N-ethyl adjacent to an activating group) is 2. The molecule has 19 nitrogen and oxygen atoms in total. The topological polar surface area (TPSA) is 290 Å². The molecule has 2 aromatic rings. The zero-order chi connectivity index (χ0) is 48.8. The Morgan fingerprint density at radius 1 is 0.788 bits per heavy atom. The van der Waals surface area contributed by atoms with Crippen molar-refractivity contribution in [1.29, 1.82) is 0 Å². The number of nitrogens with one attached hydrogen (secondary N) is 5. The van der Waals surface area contributed by atoms with E-state index in [9.17, 15) is 53.7 Å². The van der Waals surface area contributed by atoms with Crippen LogP contribution in [0.3, 0.4) is 0 Å². The summed E-state index contributed by atoms with van der Waals surface area (Å²) < 4.78 is 0. The first-order valence-electron chi connectivity index (χ1n) is 23.0. The number of nitrogens with two attached hydrogens (primary N) is 1. The Hall–Kier alpha value is -6.24. The van der Waals surface area contributed by atoms with Gasteiger partial charge in [-0.15, -0.1) is 0 Å². The van der Waals surface area contributed by atoms with Crippen LogP contribution in [0, 0.1) is 0 Å². The summed E-state index contributed by atoms with van der Waals surface area (Å²) in [4.78, 5) is 106. The summed E-state index contributed by atoms with van der Waals surface area (Å²) in [5, 5.41) is 43.9. The first-order chi connectivity index (χ1) is 31.5. The molecule has 3 rings (SSSR count). The second-order valence-corrected chi connectivity index (χ2v) is 16.9. The highest BCUT2D eigenvalue weighted by atomic mass is 16.3. The molecule has 1 aliphatic heterocycles. The summed E-state index contributed by atoms with van der Waals surface area (Å²) in [6, 6.07) is 3.21. The van der Waals surface area contributed by atoms with E-state index >= 15 is 0 Å². The number of aromatic hydroxyl groups is 2. The largest absolute Gasteiger partial charge is 0.507 e. The fraction of sp³-hybridized carbons (Fsp3) is 0.574. The summed E-state index contributed by atoms with van der Waals surface area (Å²) in [5.74, 6) is -6.49. The van der Waals surface area contributed by atoms with Gasteiger partial charge < -0.3 is 57.4 Å². The van der Waals surface area contributed by atoms with Crippen molar-refractivity contribution in [3.8, 4) is 22.6 Å². The van der Waals surface area contributed by atoms with E-state index in [0.717, 1.165) is 29.1 Å². The van der Waals surface area contributed by atoms with Crippen LogP contribution < -0.4 is 32.3 Å². The van der Waals surface area contributed by atoms with Gasteiger partial charge in [-0.25, -0.2) is 0 Å². The molecule has 0 spiro atoms. The molecule has 0 saturated heterocycles. The minimum Gasteiger partial charge on any atom is -0.507 e. The number of carbonyl (C=O) groups excluding carboxylic acids is 8. The monoisotopic (exact) mass is 923 g/mol. The number of nitrogens with zero attached hydrogens (tertiary/aromatic N) is 2. The summed E-state index contributed by atoms with van der Waals surface area (Å²) >= 11 is 0. The van der Waals surface area contributed by atoms with Crippen molar-refractivity contribution in [3.05, 3.63) is 47.5 Å². The van der Waals surface area contributed by atoms with E-state index in [1.165, 1.54) is 115 Å². The van der Waals surface area contributed by atoms with Gasteiger partial charge in [-0.3, -0.25) is 38.4 Å². The van der Waals surface area contributed by atoms with E-state index in [0.29, 0.717) is 12.0 Å². The molecule has 0 saturated carbocycles. The molecule has 4 bridgehead atoms. The van der Waals surface area contributed by atoms with Crippen LogP contribution in [-0.2, 0) is 44.8 Å². The molecule has 4 unspecified atom stereocenters. The van der Waals surface area contributed by atoms with E-state index in [4.69, 9.17) is 5.73 Å². The normalized spacial score (nSPS) is 15.8. The number of phenols is 2. The molecule has 364 valence electrons. The van der Waals surface area contributed by atoms with E-state index in [1.807, 2.05) is 0 Å². The predicted molar refractivity (Wildman–Crippen MR) is 246 cm³/mol. The number of benzene rings is 2. The first-order valence-corrected chi connectivity index (χ1v) is 23.0. The van der Waals surface area contributed by atoms with E-state index in [-0.39, 0.29) is 46.9 Å². The van der Waals surface area contributed by atoms with Gasteiger partial charge >= 0.3 is 0 Å². The van der Waals surface area contributed by atoms with Crippen molar-refractivity contribution < 1.29 is 53.7 Å². The molecule has 10 N–H and O–H groups in total. The zero-order valence-corrected chi connectivity index (χ0v) is 38.8. The quantitative estimate of drug-likeness (QED) is 0.0649. The van der Waals surface area contributed by atoms with Crippen molar-refractivity contribution in [2.75, 3.05) is 40.3 Å². The van der Waals surface area contributed by atoms with E-state index < -0.39 is 91.8 Å². The minimum absolute atomic E-state index is 0.0621. The Labute approximate surface area is 387 Å². The van der Waals surface area contributed by atoms with Gasteiger partial charge in [0.05, 0.1) is 26.2 Å². The van der Waals surface area contributed by atoms with Crippen LogP contribution in [0.15, 0.2) is 36.4 Å². The maximum absolute atomic E-state index is 13.8. The van der Waals surface area contributed by atoms with Crippen LogP contribution >= 0.6 is 0 Å². The molecule has 1 heterocycles. The van der Waals surface area contributed by atoms with Gasteiger partial charge in [0, 0.05) is 38.1 Å². The second kappa shape index (κ2) is 27.9. The maximum Gasteiger partial charge on any atom is 0.247 e. The molecule has 19 heteroatoms. The lowest BCUT2D eigenvalue weighted by Gasteiger charge is -2.29. The molecule has 0 fully saturated rings. The highest BCUT2D eigenvalue weighted by Gasteiger charge is 2.32. The highest BCUT2D eigenvalue weighted by molar-refractivity contribution is 5.96. The number of fused-ring (bicyclic) bond motifs is 5. The van der Waals surface area contributed by atoms with Gasteiger partial charge in [0.1, 0.15) is 35.7 Å². The maximum atomic E-state index is 13.8. The number of rotatable bonds is 25. The van der Waals surface area contributed by atoms with Gasteiger partial charge in [0.2, 0.25) is 47.3 Å². The van der Waals surface area contributed by atoms with Gasteiger partial charge in [-0.05, 0) is 48.7 Å². The number of amides is 8. The van der Waals surface area contributed by atoms with Crippen LogP contribution in [0.5, 0.6) is 11.5 Å². The van der Waals surface area contributed by atoms with Crippen LogP contribution in [0.25, 0.3) is 11.1 Å². The lowest BCUT2D eigenvalue weighted by Crippen LogP contribution is -2.54. The lowest BCUT2D eigenvalue weighted by molar-refractivity contribution is -0.141. The smallest absolute Gasteiger partial charge is 0.247 e. The van der Waals surface area contributed by atoms with Gasteiger partial charge in [0.15, 0.2) is 0 Å². The van der Waals surface area contributed by atoms with Crippen molar-refractivity contribution in [2.24, 2.45) is 5.73 Å². The van der Waals surface area contributed by atoms with Gasteiger partial charge in [-0.2, -0.15) is 0 Å². The summed E-state index contributed by atoms with van der Waals surface area (Å²) in [5.41, 5.74) is 6.04. The number of phenolic OH excluding ortho intramolecular Hbond substituents is 2. The third kappa shape index (κ3) is 17.3. The van der Waals surface area contributed by atoms with Crippen molar-refractivity contribution in [3.63, 3.8) is 0 Å². The molecule has 0 radical (unpaired) electrons. The lowest BCUT2D eigenvalue weighted by atomic mass is 9.94. The average Bonchev–Trinajstić information content (AvgIpc) is 3.28. The molecule has 4 atom stereocenters. The molecule has 0 aromatic heterocycles. The minimum atomic E-state index is -1.47. The molecule has 1 aliphatic rings. The van der Waals surface area contributed by atoms with Gasteiger partial charge in [-0.1, -0.05) is 96.1 Å². The summed E-state index contributed by atoms with van der Waals surface area (Å²) in [6.07, 6.45) is 15.2. The van der Waals surface area contributed by atoms with E-state index in [1.54, 1.807) is 0 Å². The molecular weight excluding hydrogens is 853 g/mol. The predicted octanol–water partition coefficient (Wildman–Crippen LogP) is 1.94. The van der Waals surface area contributed by atoms with Crippen LogP contribution in [0.4, 0.5) is 0 Å². The summed E-state index contributed by atoms with van der Waals surface area (Å²) in [7, 11) is 2.68. The fourth-order valence-corrected chi connectivity index (χ4v) is 7.57. The van der Waals surface area contributed by atoms with Crippen LogP contribution in [0.1, 0.15) is 121 Å². The number of aliphatic hydroxyl groups is 1. The highest BCUT2D eigenvalue weighted by Crippen LogP contribution is 2.38. The number of aliphatic hydroxyl groups excluding tert-OH is 1. The Balaban J connectivity index is 1.59. The Bertz CT molecular complexity index is 2000. The standard InChI is InChI=1S/C47H70N8O11/c1-5-6-7-8-9-10-11-12-13-14-15-16-17-18-41(61)54(3)36(29-56)46(65)50-26-39(59)49-28-42(62)55(4)43-32-20-22-38(58)34(25-32)33-23-31(19-21-37(33)57)24-35(45(64)52-30(2)44(48)63)53-40(60)27-51-47(43)66/h19-23,25,30,35-36,43,56-58H,5-18,24,26-29H2,1-4H3,(H2,48,63)(H,49,59)(H,50,65)(H,51,66)(H,52,64)(H,53,60). The van der Waals surface area contributed by atoms with Crippen LogP contribution in [-0.4, -0.2) is 131 Å². The number of primary amides is 1. The fourth-order valence-electron chi connectivity index (χ4n) is 7.57. The Morgan fingerprint density at radius 2 is 1.36 bits per heavy atom. The van der Waals surface area contributed by atoms with Gasteiger partial charge in [0.25, 0.3) is 0 Å². The molecule has 66 heavy (non-hydrogen) atoms.